The number of nitrogens with zero attached hydrogens (tertiary/aromatic N) is 1. The van der Waals surface area contributed by atoms with E-state index in [4.69, 9.17) is 15.3 Å². The average Bonchev–Trinajstić information content (AvgIpc) is 2.71. The topological polar surface area (TPSA) is 89.3 Å². The minimum absolute atomic E-state index is 0.107. The molecule has 0 aliphatic rings. The summed E-state index contributed by atoms with van der Waals surface area (Å²) in [5.41, 5.74) is 7.85. The third kappa shape index (κ3) is 1.75. The van der Waals surface area contributed by atoms with Gasteiger partial charge in [0, 0.05) is 11.3 Å². The summed E-state index contributed by atoms with van der Waals surface area (Å²) in [6.07, 6.45) is 1.11. The van der Waals surface area contributed by atoms with Crippen molar-refractivity contribution in [2.75, 3.05) is 5.73 Å². The van der Waals surface area contributed by atoms with Crippen LogP contribution >= 0.6 is 0 Å². The molecular formula is C11H10N2O3. The Morgan fingerprint density at radius 1 is 1.50 bits per heavy atom. The molecule has 0 spiro atoms. The summed E-state index contributed by atoms with van der Waals surface area (Å²) in [5, 5.41) is 8.70. The van der Waals surface area contributed by atoms with E-state index >= 15 is 0 Å². The van der Waals surface area contributed by atoms with Crippen molar-refractivity contribution in [1.29, 1.82) is 0 Å². The molecule has 1 heterocycles. The maximum Gasteiger partial charge on any atom is 0.357 e. The van der Waals surface area contributed by atoms with E-state index < -0.39 is 5.97 Å². The normalized spacial score (nSPS) is 10.3. The van der Waals surface area contributed by atoms with Crippen LogP contribution in [0.25, 0.3) is 11.5 Å². The van der Waals surface area contributed by atoms with E-state index in [1.807, 2.05) is 6.92 Å². The van der Waals surface area contributed by atoms with Crippen LogP contribution in [0.3, 0.4) is 0 Å². The van der Waals surface area contributed by atoms with Gasteiger partial charge in [-0.15, -0.1) is 0 Å². The van der Waals surface area contributed by atoms with Crippen LogP contribution in [0.4, 0.5) is 5.69 Å². The number of carbonyl (C=O) groups is 1. The summed E-state index contributed by atoms with van der Waals surface area (Å²) in [5.74, 6) is -0.831. The van der Waals surface area contributed by atoms with Gasteiger partial charge < -0.3 is 15.3 Å². The summed E-state index contributed by atoms with van der Waals surface area (Å²) < 4.78 is 5.07. The van der Waals surface area contributed by atoms with Crippen molar-refractivity contribution in [2.45, 2.75) is 6.92 Å². The third-order valence-corrected chi connectivity index (χ3v) is 2.24. The molecule has 2 aromatic rings. The molecule has 0 saturated heterocycles. The fourth-order valence-corrected chi connectivity index (χ4v) is 1.31. The van der Waals surface area contributed by atoms with Crippen LogP contribution in [0, 0.1) is 6.92 Å². The number of hydrogen-bond acceptors (Lipinski definition) is 4. The van der Waals surface area contributed by atoms with Gasteiger partial charge in [0.05, 0.1) is 0 Å². The van der Waals surface area contributed by atoms with Gasteiger partial charge in [-0.1, -0.05) is 0 Å². The van der Waals surface area contributed by atoms with Crippen LogP contribution in [0.1, 0.15) is 16.1 Å². The van der Waals surface area contributed by atoms with Crippen molar-refractivity contribution >= 4 is 11.7 Å². The minimum Gasteiger partial charge on any atom is -0.476 e. The van der Waals surface area contributed by atoms with Gasteiger partial charge in [-0.2, -0.15) is 0 Å². The number of carboxylic acids is 1. The van der Waals surface area contributed by atoms with E-state index in [-0.39, 0.29) is 11.6 Å². The van der Waals surface area contributed by atoms with Gasteiger partial charge in [0.2, 0.25) is 5.89 Å². The molecular weight excluding hydrogens is 208 g/mol. The molecule has 82 valence electrons. The summed E-state index contributed by atoms with van der Waals surface area (Å²) in [7, 11) is 0. The Morgan fingerprint density at radius 3 is 2.81 bits per heavy atom. The number of aromatic nitrogens is 1. The lowest BCUT2D eigenvalue weighted by molar-refractivity contribution is 0.0690. The van der Waals surface area contributed by atoms with Crippen molar-refractivity contribution in [2.24, 2.45) is 0 Å². The average molecular weight is 218 g/mol. The maximum atomic E-state index is 10.6. The number of nitrogens with two attached hydrogens (primary N) is 1. The molecule has 0 aliphatic carbocycles. The van der Waals surface area contributed by atoms with Crippen molar-refractivity contribution in [1.82, 2.24) is 4.98 Å². The van der Waals surface area contributed by atoms with Gasteiger partial charge in [0.25, 0.3) is 0 Å². The molecule has 3 N–H and O–H groups in total. The second kappa shape index (κ2) is 3.69. The first-order valence-corrected chi connectivity index (χ1v) is 4.63. The molecule has 0 fully saturated rings. The number of oxazole rings is 1. The summed E-state index contributed by atoms with van der Waals surface area (Å²) in [6.45, 7) is 1.86. The lowest BCUT2D eigenvalue weighted by atomic mass is 10.1. The van der Waals surface area contributed by atoms with Crippen LogP contribution in [-0.2, 0) is 0 Å². The van der Waals surface area contributed by atoms with Gasteiger partial charge in [-0.3, -0.25) is 0 Å². The largest absolute Gasteiger partial charge is 0.476 e. The Balaban J connectivity index is 2.42. The van der Waals surface area contributed by atoms with E-state index in [1.165, 1.54) is 0 Å². The molecule has 5 heteroatoms. The molecule has 5 nitrogen and oxygen atoms in total. The molecule has 0 atom stereocenters. The Kier molecular flexibility index (Phi) is 2.36. The van der Waals surface area contributed by atoms with Gasteiger partial charge in [0.1, 0.15) is 6.26 Å². The smallest absolute Gasteiger partial charge is 0.357 e. The second-order valence-corrected chi connectivity index (χ2v) is 3.41. The van der Waals surface area contributed by atoms with E-state index in [9.17, 15) is 4.79 Å². The van der Waals surface area contributed by atoms with Crippen molar-refractivity contribution in [3.63, 3.8) is 0 Å². The first-order valence-electron chi connectivity index (χ1n) is 4.63. The third-order valence-electron chi connectivity index (χ3n) is 2.24. The van der Waals surface area contributed by atoms with Crippen LogP contribution in [-0.4, -0.2) is 16.1 Å². The van der Waals surface area contributed by atoms with E-state index in [0.717, 1.165) is 11.8 Å². The maximum absolute atomic E-state index is 10.6. The van der Waals surface area contributed by atoms with Crippen molar-refractivity contribution < 1.29 is 14.3 Å². The number of hydrogen-bond donors (Lipinski definition) is 2. The first kappa shape index (κ1) is 10.2. The number of aromatic carboxylic acids is 1. The number of rotatable bonds is 2. The highest BCUT2D eigenvalue weighted by Gasteiger charge is 2.12. The number of nitrogen functional groups attached to an aromatic ring is 1. The zero-order valence-corrected chi connectivity index (χ0v) is 8.60. The Morgan fingerprint density at radius 2 is 2.25 bits per heavy atom. The Labute approximate surface area is 91.5 Å². The highest BCUT2D eigenvalue weighted by atomic mass is 16.4. The lowest BCUT2D eigenvalue weighted by Gasteiger charge is -2.00. The highest BCUT2D eigenvalue weighted by Crippen LogP contribution is 2.22. The quantitative estimate of drug-likeness (QED) is 0.751. The number of carboxylic acid groups (broad SMARTS) is 1. The number of anilines is 1. The molecule has 0 bridgehead atoms. The Bertz CT molecular complexity index is 546. The zero-order valence-electron chi connectivity index (χ0n) is 8.60. The molecule has 0 amide bonds. The zero-order chi connectivity index (χ0) is 11.7. The second-order valence-electron chi connectivity index (χ2n) is 3.41. The van der Waals surface area contributed by atoms with Crippen LogP contribution in [0.2, 0.25) is 0 Å². The molecule has 1 aromatic carbocycles. The SMILES string of the molecule is Cc1cc(-c2nc(C(=O)O)co2)ccc1N. The molecule has 2 rings (SSSR count). The van der Waals surface area contributed by atoms with Gasteiger partial charge >= 0.3 is 5.97 Å². The van der Waals surface area contributed by atoms with Crippen molar-refractivity contribution in [3.05, 3.63) is 35.7 Å². The molecule has 0 saturated carbocycles. The Hall–Kier alpha value is -2.30. The highest BCUT2D eigenvalue weighted by molar-refractivity contribution is 5.85. The van der Waals surface area contributed by atoms with Crippen molar-refractivity contribution in [3.8, 4) is 11.5 Å². The lowest BCUT2D eigenvalue weighted by Crippen LogP contribution is -1.95. The molecule has 1 aromatic heterocycles. The monoisotopic (exact) mass is 218 g/mol. The fourth-order valence-electron chi connectivity index (χ4n) is 1.31. The van der Waals surface area contributed by atoms with Gasteiger partial charge in [-0.25, -0.2) is 9.78 Å². The van der Waals surface area contributed by atoms with E-state index in [1.54, 1.807) is 18.2 Å². The van der Waals surface area contributed by atoms with E-state index in [2.05, 4.69) is 4.98 Å². The molecule has 0 unspecified atom stereocenters. The molecule has 0 radical (unpaired) electrons. The molecule has 0 aliphatic heterocycles. The summed E-state index contributed by atoms with van der Waals surface area (Å²) in [4.78, 5) is 14.5. The number of aryl methyl sites for hydroxylation is 1. The van der Waals surface area contributed by atoms with Gasteiger partial charge in [0.15, 0.2) is 5.69 Å². The van der Waals surface area contributed by atoms with Crippen LogP contribution in [0.5, 0.6) is 0 Å². The predicted molar refractivity (Wildman–Crippen MR) is 58.0 cm³/mol. The summed E-state index contributed by atoms with van der Waals surface area (Å²) >= 11 is 0. The van der Waals surface area contributed by atoms with E-state index in [0.29, 0.717) is 11.3 Å². The minimum atomic E-state index is -1.11. The molecule has 16 heavy (non-hydrogen) atoms. The standard InChI is InChI=1S/C11H10N2O3/c1-6-4-7(2-3-8(6)12)10-13-9(5-16-10)11(14)15/h2-5H,12H2,1H3,(H,14,15). The first-order chi connectivity index (χ1) is 7.58. The number of benzene rings is 1. The fraction of sp³-hybridized carbons (Fsp3) is 0.0909. The van der Waals surface area contributed by atoms with Gasteiger partial charge in [-0.05, 0) is 30.7 Å². The predicted octanol–water partition coefficient (Wildman–Crippen LogP) is 1.93. The van der Waals surface area contributed by atoms with Crippen LogP contribution in [0.15, 0.2) is 28.9 Å². The van der Waals surface area contributed by atoms with Crippen LogP contribution < -0.4 is 5.73 Å². The summed E-state index contributed by atoms with van der Waals surface area (Å²) in [6, 6.07) is 5.27.